The Morgan fingerprint density at radius 3 is 2.30 bits per heavy atom. The van der Waals surface area contributed by atoms with Crippen LogP contribution in [0.2, 0.25) is 0 Å². The van der Waals surface area contributed by atoms with Gasteiger partial charge in [0.2, 0.25) is 11.8 Å². The van der Waals surface area contributed by atoms with Gasteiger partial charge in [-0.15, -0.1) is 0 Å². The van der Waals surface area contributed by atoms with Crippen LogP contribution in [0.15, 0.2) is 72.8 Å². The van der Waals surface area contributed by atoms with Gasteiger partial charge < -0.3 is 19.9 Å². The quantitative estimate of drug-likeness (QED) is 0.188. The molecule has 0 spiro atoms. The molecule has 248 valence electrons. The summed E-state index contributed by atoms with van der Waals surface area (Å²) in [5.41, 5.74) is 2.40. The molecule has 6 nitrogen and oxygen atoms in total. The third-order valence-electron chi connectivity index (χ3n) is 10.2. The fraction of sp³-hybridized carbons (Fsp3) is 0.405. The van der Waals surface area contributed by atoms with E-state index in [0.717, 1.165) is 28.7 Å². The highest BCUT2D eigenvalue weighted by Crippen LogP contribution is 2.67. The first-order valence-electron chi connectivity index (χ1n) is 15.9. The number of para-hydroxylation sites is 1. The molecule has 1 saturated heterocycles. The largest absolute Gasteiger partial charge is 0.497 e. The van der Waals surface area contributed by atoms with E-state index in [2.05, 4.69) is 43.2 Å². The first-order valence-corrected chi connectivity index (χ1v) is 17.1. The number of alkyl halides is 3. The summed E-state index contributed by atoms with van der Waals surface area (Å²) < 4.78 is 45.4. The Kier molecular flexibility index (Phi) is 8.84. The van der Waals surface area contributed by atoms with E-state index in [9.17, 15) is 22.8 Å². The molecule has 0 unspecified atom stereocenters. The number of ether oxygens (including phenoxy) is 1. The maximum absolute atomic E-state index is 14.7. The fourth-order valence-corrected chi connectivity index (χ4v) is 8.57. The predicted octanol–water partition coefficient (Wildman–Crippen LogP) is 8.57. The molecule has 2 heterocycles. The summed E-state index contributed by atoms with van der Waals surface area (Å²) in [7, 11) is 1.57. The van der Waals surface area contributed by atoms with Crippen LogP contribution in [0, 0.1) is 18.3 Å². The van der Waals surface area contributed by atoms with Crippen molar-refractivity contribution in [3.8, 4) is 5.75 Å². The Hall–Kier alpha value is -3.92. The third kappa shape index (κ3) is 6.36. The van der Waals surface area contributed by atoms with Crippen LogP contribution in [0.4, 0.5) is 18.9 Å². The van der Waals surface area contributed by atoms with Crippen LogP contribution < -0.4 is 10.1 Å². The summed E-state index contributed by atoms with van der Waals surface area (Å²) in [4.78, 5) is 34.2. The van der Waals surface area contributed by atoms with Crippen LogP contribution in [0.5, 0.6) is 5.75 Å². The molecule has 2 aliphatic rings. The number of nitrogens with one attached hydrogen (secondary N) is 2. The molecule has 2 atom stereocenters. The number of aromatic nitrogens is 1. The molecule has 2 amide bonds. The molecule has 2 fully saturated rings. The summed E-state index contributed by atoms with van der Waals surface area (Å²) in [6.45, 7) is 6.46. The van der Waals surface area contributed by atoms with Crippen LogP contribution in [0.25, 0.3) is 10.9 Å². The Bertz CT molecular complexity index is 1760. The number of fused-ring (bicyclic) bond motifs is 1. The van der Waals surface area contributed by atoms with Gasteiger partial charge in [-0.3, -0.25) is 9.59 Å². The average molecular weight is 664 g/mol. The Morgan fingerprint density at radius 2 is 1.66 bits per heavy atom. The number of carbonyl (C=O) groups excluding carboxylic acids is 2. The van der Waals surface area contributed by atoms with E-state index in [-0.39, 0.29) is 42.0 Å². The summed E-state index contributed by atoms with van der Waals surface area (Å²) in [5.74, 6) is 1.72. The van der Waals surface area contributed by atoms with E-state index >= 15 is 0 Å². The minimum Gasteiger partial charge on any atom is -0.497 e. The molecule has 0 bridgehead atoms. The molecule has 1 aliphatic heterocycles. The van der Waals surface area contributed by atoms with E-state index in [1.807, 2.05) is 12.1 Å². The molecular weight excluding hydrogens is 623 g/mol. The van der Waals surface area contributed by atoms with Crippen molar-refractivity contribution in [3.05, 3.63) is 95.2 Å². The van der Waals surface area contributed by atoms with Crippen LogP contribution >= 0.6 is 11.8 Å². The zero-order valence-corrected chi connectivity index (χ0v) is 27.9. The van der Waals surface area contributed by atoms with E-state index in [4.69, 9.17) is 4.74 Å². The number of nitrogens with zero attached hydrogens (tertiary/aromatic N) is 1. The van der Waals surface area contributed by atoms with E-state index in [1.54, 1.807) is 48.0 Å². The van der Waals surface area contributed by atoms with Gasteiger partial charge >= 0.3 is 6.18 Å². The van der Waals surface area contributed by atoms with Gasteiger partial charge in [0.15, 0.2) is 0 Å². The van der Waals surface area contributed by atoms with Gasteiger partial charge in [0.1, 0.15) is 11.3 Å². The first kappa shape index (κ1) is 33.0. The lowest BCUT2D eigenvalue weighted by Crippen LogP contribution is -2.60. The average Bonchev–Trinajstić information content (AvgIpc) is 3.40. The minimum atomic E-state index is -4.47. The van der Waals surface area contributed by atoms with Crippen LogP contribution in [-0.4, -0.2) is 45.9 Å². The molecule has 1 aliphatic carbocycles. The fourth-order valence-electron chi connectivity index (χ4n) is 7.41. The highest BCUT2D eigenvalue weighted by molar-refractivity contribution is 7.99. The monoisotopic (exact) mass is 663 g/mol. The third-order valence-corrected chi connectivity index (χ3v) is 11.2. The highest BCUT2D eigenvalue weighted by Gasteiger charge is 2.60. The number of aryl methyl sites for hydroxylation is 1. The molecule has 0 radical (unpaired) electrons. The first-order chi connectivity index (χ1) is 22.3. The molecule has 1 saturated carbocycles. The van der Waals surface area contributed by atoms with Gasteiger partial charge in [-0.05, 0) is 102 Å². The topological polar surface area (TPSA) is 74.4 Å². The molecule has 1 aromatic heterocycles. The van der Waals surface area contributed by atoms with E-state index in [0.29, 0.717) is 41.3 Å². The van der Waals surface area contributed by atoms with Crippen LogP contribution in [-0.2, 0) is 22.3 Å². The smallest absolute Gasteiger partial charge is 0.416 e. The number of hydrogen-bond acceptors (Lipinski definition) is 4. The predicted molar refractivity (Wildman–Crippen MR) is 181 cm³/mol. The zero-order chi connectivity index (χ0) is 33.6. The Labute approximate surface area is 277 Å². The van der Waals surface area contributed by atoms with Crippen molar-refractivity contribution in [2.75, 3.05) is 23.9 Å². The maximum Gasteiger partial charge on any atom is 0.416 e. The summed E-state index contributed by atoms with van der Waals surface area (Å²) in [6, 6.07) is 20.1. The summed E-state index contributed by atoms with van der Waals surface area (Å²) in [6.07, 6.45) is -3.38. The molecule has 10 heteroatoms. The lowest BCUT2D eigenvalue weighted by atomic mass is 9.87. The van der Waals surface area contributed by atoms with Gasteiger partial charge in [0.05, 0.1) is 12.7 Å². The van der Waals surface area contributed by atoms with Crippen molar-refractivity contribution in [2.45, 2.75) is 64.2 Å². The van der Waals surface area contributed by atoms with Crippen molar-refractivity contribution in [1.82, 2.24) is 9.88 Å². The molecule has 3 aromatic carbocycles. The normalized spacial score (nSPS) is 20.1. The van der Waals surface area contributed by atoms with Crippen LogP contribution in [0.3, 0.4) is 0 Å². The van der Waals surface area contributed by atoms with Crippen molar-refractivity contribution < 1.29 is 27.5 Å². The minimum absolute atomic E-state index is 0.0294. The number of hydrogen-bond donors (Lipinski definition) is 2. The number of rotatable bonds is 9. The van der Waals surface area contributed by atoms with E-state index in [1.165, 1.54) is 17.7 Å². The number of carbonyl (C=O) groups is 2. The SMILES string of the molecule is COc1ccc(NC(=O)C2(N(Cc3ccc(C(F)(F)F)cc3)C(=O)C[C@@H]3[C@@H](c4c(C)[nH]c5ccccc45)C3(C)C)CCSCC2)cc1. The van der Waals surface area contributed by atoms with Gasteiger partial charge in [-0.25, -0.2) is 0 Å². The van der Waals surface area contributed by atoms with E-state index < -0.39 is 17.3 Å². The number of thioether (sulfide) groups is 1. The summed E-state index contributed by atoms with van der Waals surface area (Å²) in [5, 5.41) is 4.20. The van der Waals surface area contributed by atoms with Gasteiger partial charge in [0.25, 0.3) is 0 Å². The highest BCUT2D eigenvalue weighted by atomic mass is 32.2. The number of methoxy groups -OCH3 is 1. The summed E-state index contributed by atoms with van der Waals surface area (Å²) >= 11 is 1.73. The molecule has 4 aromatic rings. The molecule has 47 heavy (non-hydrogen) atoms. The second-order valence-electron chi connectivity index (χ2n) is 13.3. The molecular formula is C37H40F3N3O3S. The Morgan fingerprint density at radius 1 is 1.00 bits per heavy atom. The van der Waals surface area contributed by atoms with Gasteiger partial charge in [-0.2, -0.15) is 24.9 Å². The Balaban J connectivity index is 1.34. The second kappa shape index (κ2) is 12.6. The molecule has 2 N–H and O–H groups in total. The van der Waals surface area contributed by atoms with Crippen molar-refractivity contribution >= 4 is 40.2 Å². The number of benzene rings is 3. The second-order valence-corrected chi connectivity index (χ2v) is 14.5. The number of aromatic amines is 1. The van der Waals surface area contributed by atoms with Gasteiger partial charge in [0, 0.05) is 35.2 Å². The molecule has 6 rings (SSSR count). The van der Waals surface area contributed by atoms with Crippen molar-refractivity contribution in [1.29, 1.82) is 0 Å². The van der Waals surface area contributed by atoms with Crippen molar-refractivity contribution in [3.63, 3.8) is 0 Å². The standard InChI is InChI=1S/C37H40F3N3O3S/c1-23-32(28-7-5-6-8-30(28)41-23)33-29(35(33,2)3)21-31(44)43(22-24-9-11-25(12-10-24)37(38,39)40)36(17-19-47-20-18-36)34(45)42-26-13-15-27(46-4)16-14-26/h5-16,29,33,41H,17-22H2,1-4H3,(H,42,45)/t29-,33+/m1/s1. The van der Waals surface area contributed by atoms with Gasteiger partial charge in [-0.1, -0.05) is 44.2 Å². The zero-order valence-electron chi connectivity index (χ0n) is 27.0. The lowest BCUT2D eigenvalue weighted by molar-refractivity contribution is -0.147. The van der Waals surface area contributed by atoms with Crippen LogP contribution in [0.1, 0.15) is 61.4 Å². The lowest BCUT2D eigenvalue weighted by Gasteiger charge is -2.45. The number of anilines is 1. The number of H-pyrrole nitrogens is 1. The maximum atomic E-state index is 14.7. The van der Waals surface area contributed by atoms with Crippen molar-refractivity contribution in [2.24, 2.45) is 11.3 Å². The number of halogens is 3. The number of amides is 2.